The number of para-hydroxylation sites is 1. The van der Waals surface area contributed by atoms with Crippen molar-refractivity contribution in [2.75, 3.05) is 33.4 Å². The van der Waals surface area contributed by atoms with Gasteiger partial charge in [0, 0.05) is 25.0 Å². The van der Waals surface area contributed by atoms with Crippen LogP contribution in [-0.2, 0) is 13.0 Å². The maximum atomic E-state index is 6.01. The Morgan fingerprint density at radius 2 is 1.89 bits per heavy atom. The first kappa shape index (κ1) is 18.3. The second kappa shape index (κ2) is 8.77. The van der Waals surface area contributed by atoms with E-state index in [0.717, 1.165) is 37.6 Å². The summed E-state index contributed by atoms with van der Waals surface area (Å²) in [5.41, 5.74) is 2.68. The predicted octanol–water partition coefficient (Wildman–Crippen LogP) is 3.50. The molecule has 144 valence electrons. The highest BCUT2D eigenvalue weighted by Crippen LogP contribution is 2.35. The molecule has 4 heteroatoms. The summed E-state index contributed by atoms with van der Waals surface area (Å²) in [4.78, 5) is 2.57. The van der Waals surface area contributed by atoms with Gasteiger partial charge in [0.1, 0.15) is 0 Å². The fraction of sp³-hybridized carbons (Fsp3) is 0.478. The summed E-state index contributed by atoms with van der Waals surface area (Å²) in [6.45, 7) is 5.22. The Morgan fingerprint density at radius 3 is 2.67 bits per heavy atom. The molecular formula is C23H30N2O2. The second-order valence-corrected chi connectivity index (χ2v) is 7.77. The molecule has 4 nitrogen and oxygen atoms in total. The lowest BCUT2D eigenvalue weighted by Gasteiger charge is -2.34. The Kier molecular flexibility index (Phi) is 5.95. The van der Waals surface area contributed by atoms with Crippen LogP contribution in [0.5, 0.6) is 11.5 Å². The minimum Gasteiger partial charge on any atom is -0.493 e. The molecule has 0 saturated carbocycles. The predicted molar refractivity (Wildman–Crippen MR) is 108 cm³/mol. The van der Waals surface area contributed by atoms with E-state index in [1.165, 1.54) is 37.1 Å². The number of benzene rings is 2. The van der Waals surface area contributed by atoms with Crippen LogP contribution in [0.3, 0.4) is 0 Å². The van der Waals surface area contributed by atoms with E-state index in [2.05, 4.69) is 52.7 Å². The molecule has 2 aromatic rings. The number of likely N-dealkylation sites (tertiary alicyclic amines) is 1. The van der Waals surface area contributed by atoms with Crippen molar-refractivity contribution in [1.29, 1.82) is 0 Å². The van der Waals surface area contributed by atoms with E-state index in [4.69, 9.17) is 9.47 Å². The standard InChI is InChI=1S/C23H30N2O2/c1-26-22-9-5-8-20-14-19(17-27-23(20)22)15-24-21-10-12-25(13-11-21)16-18-6-3-2-4-7-18/h2-9,19,21,24H,10-17H2,1H3. The van der Waals surface area contributed by atoms with Crippen LogP contribution in [0.2, 0.25) is 0 Å². The van der Waals surface area contributed by atoms with Crippen molar-refractivity contribution in [2.24, 2.45) is 5.92 Å². The molecule has 0 aromatic heterocycles. The van der Waals surface area contributed by atoms with Crippen molar-refractivity contribution < 1.29 is 9.47 Å². The van der Waals surface area contributed by atoms with E-state index >= 15 is 0 Å². The number of nitrogens with zero attached hydrogens (tertiary/aromatic N) is 1. The number of hydrogen-bond donors (Lipinski definition) is 1. The van der Waals surface area contributed by atoms with E-state index < -0.39 is 0 Å². The van der Waals surface area contributed by atoms with Crippen LogP contribution in [-0.4, -0.2) is 44.3 Å². The third kappa shape index (κ3) is 4.63. The molecule has 2 heterocycles. The molecule has 1 fully saturated rings. The van der Waals surface area contributed by atoms with Gasteiger partial charge in [-0.1, -0.05) is 42.5 Å². The van der Waals surface area contributed by atoms with Gasteiger partial charge in [-0.05, 0) is 49.5 Å². The summed E-state index contributed by atoms with van der Waals surface area (Å²) in [6, 6.07) is 17.6. The number of rotatable bonds is 6. The molecule has 1 N–H and O–H groups in total. The Morgan fingerprint density at radius 1 is 1.07 bits per heavy atom. The second-order valence-electron chi connectivity index (χ2n) is 7.77. The Labute approximate surface area is 162 Å². The van der Waals surface area contributed by atoms with Gasteiger partial charge in [0.2, 0.25) is 0 Å². The molecule has 0 aliphatic carbocycles. The molecule has 4 rings (SSSR count). The van der Waals surface area contributed by atoms with Crippen LogP contribution >= 0.6 is 0 Å². The molecule has 2 aliphatic heterocycles. The lowest BCUT2D eigenvalue weighted by Crippen LogP contribution is -2.44. The highest BCUT2D eigenvalue weighted by Gasteiger charge is 2.24. The van der Waals surface area contributed by atoms with Crippen molar-refractivity contribution in [3.05, 3.63) is 59.7 Å². The van der Waals surface area contributed by atoms with Gasteiger partial charge in [0.25, 0.3) is 0 Å². The summed E-state index contributed by atoms with van der Waals surface area (Å²) in [5.74, 6) is 2.32. The lowest BCUT2D eigenvalue weighted by atomic mass is 9.95. The SMILES string of the molecule is COc1cccc2c1OCC(CNC1CCN(Cc3ccccc3)CC1)C2. The van der Waals surface area contributed by atoms with E-state index in [1.54, 1.807) is 7.11 Å². The molecule has 0 radical (unpaired) electrons. The first-order valence-corrected chi connectivity index (χ1v) is 10.1. The molecule has 1 unspecified atom stereocenters. The molecule has 1 saturated heterocycles. The Bertz CT molecular complexity index is 726. The van der Waals surface area contributed by atoms with Gasteiger partial charge in [-0.15, -0.1) is 0 Å². The molecule has 2 aromatic carbocycles. The zero-order valence-corrected chi connectivity index (χ0v) is 16.2. The summed E-state index contributed by atoms with van der Waals surface area (Å²) in [6.07, 6.45) is 3.52. The van der Waals surface area contributed by atoms with Crippen LogP contribution in [0.4, 0.5) is 0 Å². The van der Waals surface area contributed by atoms with Gasteiger partial charge in [-0.2, -0.15) is 0 Å². The lowest BCUT2D eigenvalue weighted by molar-refractivity contribution is 0.173. The maximum absolute atomic E-state index is 6.01. The quantitative estimate of drug-likeness (QED) is 0.848. The topological polar surface area (TPSA) is 33.7 Å². The number of piperidine rings is 1. The van der Waals surface area contributed by atoms with Crippen LogP contribution < -0.4 is 14.8 Å². The average Bonchev–Trinajstić information content (AvgIpc) is 2.73. The van der Waals surface area contributed by atoms with Gasteiger partial charge < -0.3 is 14.8 Å². The summed E-state index contributed by atoms with van der Waals surface area (Å²) in [7, 11) is 1.71. The third-order valence-corrected chi connectivity index (χ3v) is 5.78. The zero-order chi connectivity index (χ0) is 18.5. The number of methoxy groups -OCH3 is 1. The molecule has 0 spiro atoms. The fourth-order valence-corrected chi connectivity index (χ4v) is 4.22. The summed E-state index contributed by atoms with van der Waals surface area (Å²) in [5, 5.41) is 3.80. The van der Waals surface area contributed by atoms with Crippen molar-refractivity contribution in [3.8, 4) is 11.5 Å². The highest BCUT2D eigenvalue weighted by atomic mass is 16.5. The van der Waals surface area contributed by atoms with E-state index in [1.807, 2.05) is 6.07 Å². The van der Waals surface area contributed by atoms with Crippen molar-refractivity contribution in [2.45, 2.75) is 31.8 Å². The molecular weight excluding hydrogens is 336 g/mol. The average molecular weight is 367 g/mol. The minimum atomic E-state index is 0.534. The van der Waals surface area contributed by atoms with E-state index in [0.29, 0.717) is 12.0 Å². The normalized spacial score (nSPS) is 20.7. The van der Waals surface area contributed by atoms with Gasteiger partial charge in [0.05, 0.1) is 13.7 Å². The Balaban J connectivity index is 1.21. The minimum absolute atomic E-state index is 0.534. The summed E-state index contributed by atoms with van der Waals surface area (Å²) < 4.78 is 11.4. The van der Waals surface area contributed by atoms with Gasteiger partial charge in [-0.25, -0.2) is 0 Å². The zero-order valence-electron chi connectivity index (χ0n) is 16.2. The first-order chi connectivity index (χ1) is 13.3. The molecule has 2 aliphatic rings. The number of nitrogens with one attached hydrogen (secondary N) is 1. The smallest absolute Gasteiger partial charge is 0.164 e. The van der Waals surface area contributed by atoms with Gasteiger partial charge in [-0.3, -0.25) is 4.90 Å². The Hall–Kier alpha value is -2.04. The molecule has 1 atom stereocenters. The van der Waals surface area contributed by atoms with Crippen molar-refractivity contribution in [3.63, 3.8) is 0 Å². The number of ether oxygens (including phenoxy) is 2. The monoisotopic (exact) mass is 366 g/mol. The molecule has 27 heavy (non-hydrogen) atoms. The van der Waals surface area contributed by atoms with E-state index in [-0.39, 0.29) is 0 Å². The number of fused-ring (bicyclic) bond motifs is 1. The molecule has 0 amide bonds. The van der Waals surface area contributed by atoms with Crippen LogP contribution in [0.1, 0.15) is 24.0 Å². The first-order valence-electron chi connectivity index (χ1n) is 10.1. The van der Waals surface area contributed by atoms with Crippen LogP contribution in [0, 0.1) is 5.92 Å². The molecule has 0 bridgehead atoms. The largest absolute Gasteiger partial charge is 0.493 e. The van der Waals surface area contributed by atoms with Crippen LogP contribution in [0.25, 0.3) is 0 Å². The fourth-order valence-electron chi connectivity index (χ4n) is 4.22. The van der Waals surface area contributed by atoms with Gasteiger partial charge in [0.15, 0.2) is 11.5 Å². The van der Waals surface area contributed by atoms with Crippen molar-refractivity contribution in [1.82, 2.24) is 10.2 Å². The van der Waals surface area contributed by atoms with E-state index in [9.17, 15) is 0 Å². The van der Waals surface area contributed by atoms with Crippen LogP contribution in [0.15, 0.2) is 48.5 Å². The number of hydrogen-bond acceptors (Lipinski definition) is 4. The third-order valence-electron chi connectivity index (χ3n) is 5.78. The maximum Gasteiger partial charge on any atom is 0.164 e. The van der Waals surface area contributed by atoms with Gasteiger partial charge >= 0.3 is 0 Å². The highest BCUT2D eigenvalue weighted by molar-refractivity contribution is 5.47. The summed E-state index contributed by atoms with van der Waals surface area (Å²) >= 11 is 0. The van der Waals surface area contributed by atoms with Crippen molar-refractivity contribution >= 4 is 0 Å².